The Balaban J connectivity index is 1.61. The first-order chi connectivity index (χ1) is 14.4. The maximum absolute atomic E-state index is 12.3. The molecular formula is C19H16Cl4N4O2S. The van der Waals surface area contributed by atoms with E-state index in [2.05, 4.69) is 15.5 Å². The van der Waals surface area contributed by atoms with Crippen LogP contribution in [-0.4, -0.2) is 26.4 Å². The molecule has 0 saturated carbocycles. The molecule has 0 spiro atoms. The molecule has 2 aromatic carbocycles. The molecule has 0 bridgehead atoms. The number of hydrogen-bond acceptors (Lipinski definition) is 5. The molecule has 0 saturated heterocycles. The summed E-state index contributed by atoms with van der Waals surface area (Å²) >= 11 is 25.3. The summed E-state index contributed by atoms with van der Waals surface area (Å²) in [6.45, 7) is 2.79. The van der Waals surface area contributed by atoms with Gasteiger partial charge in [0.1, 0.15) is 12.4 Å². The number of hydrogen-bond donors (Lipinski definition) is 1. The van der Waals surface area contributed by atoms with E-state index >= 15 is 0 Å². The number of anilines is 1. The van der Waals surface area contributed by atoms with Gasteiger partial charge in [-0.25, -0.2) is 0 Å². The Morgan fingerprint density at radius 3 is 2.53 bits per heavy atom. The fraction of sp³-hybridized carbons (Fsp3) is 0.211. The lowest BCUT2D eigenvalue weighted by molar-refractivity contribution is -0.113. The van der Waals surface area contributed by atoms with Gasteiger partial charge in [0.2, 0.25) is 5.91 Å². The van der Waals surface area contributed by atoms with Crippen molar-refractivity contribution in [2.24, 2.45) is 0 Å². The molecule has 0 atom stereocenters. The third-order valence-electron chi connectivity index (χ3n) is 3.92. The van der Waals surface area contributed by atoms with E-state index in [1.807, 2.05) is 23.6 Å². The Kier molecular flexibility index (Phi) is 8.13. The predicted octanol–water partition coefficient (Wildman–Crippen LogP) is 6.22. The SMILES string of the molecule is CCn1c(COc2ccccc2Cl)nnc1SCC(=O)Nc1cc(Cl)c(Cl)cc1Cl. The number of thioether (sulfide) groups is 1. The summed E-state index contributed by atoms with van der Waals surface area (Å²) in [4.78, 5) is 12.3. The van der Waals surface area contributed by atoms with Crippen molar-refractivity contribution in [1.82, 2.24) is 14.8 Å². The van der Waals surface area contributed by atoms with Crippen LogP contribution in [0.5, 0.6) is 5.75 Å². The third-order valence-corrected chi connectivity index (χ3v) is 6.23. The average molecular weight is 506 g/mol. The maximum atomic E-state index is 12.3. The van der Waals surface area contributed by atoms with Gasteiger partial charge in [-0.3, -0.25) is 4.79 Å². The Morgan fingerprint density at radius 1 is 1.07 bits per heavy atom. The number of amides is 1. The van der Waals surface area contributed by atoms with E-state index in [0.717, 1.165) is 0 Å². The largest absolute Gasteiger partial charge is 0.484 e. The highest BCUT2D eigenvalue weighted by Gasteiger charge is 2.15. The van der Waals surface area contributed by atoms with Crippen molar-refractivity contribution in [2.45, 2.75) is 25.2 Å². The van der Waals surface area contributed by atoms with Gasteiger partial charge < -0.3 is 14.6 Å². The molecule has 0 aliphatic heterocycles. The quantitative estimate of drug-likeness (QED) is 0.290. The number of ether oxygens (including phenoxy) is 1. The molecule has 11 heteroatoms. The van der Waals surface area contributed by atoms with Crippen molar-refractivity contribution in [1.29, 1.82) is 0 Å². The molecule has 0 unspecified atom stereocenters. The number of carbonyl (C=O) groups excluding carboxylic acids is 1. The fourth-order valence-electron chi connectivity index (χ4n) is 2.49. The summed E-state index contributed by atoms with van der Waals surface area (Å²) in [7, 11) is 0. The van der Waals surface area contributed by atoms with Crippen LogP contribution in [0.25, 0.3) is 0 Å². The van der Waals surface area contributed by atoms with Gasteiger partial charge in [0.25, 0.3) is 0 Å². The zero-order valence-electron chi connectivity index (χ0n) is 15.7. The zero-order chi connectivity index (χ0) is 21.7. The molecule has 1 N–H and O–H groups in total. The van der Waals surface area contributed by atoms with Gasteiger partial charge >= 0.3 is 0 Å². The Hall–Kier alpha value is -1.64. The lowest BCUT2D eigenvalue weighted by Gasteiger charge is -2.10. The zero-order valence-corrected chi connectivity index (χ0v) is 19.5. The molecule has 6 nitrogen and oxygen atoms in total. The van der Waals surface area contributed by atoms with Crippen molar-refractivity contribution in [2.75, 3.05) is 11.1 Å². The van der Waals surface area contributed by atoms with E-state index in [9.17, 15) is 4.79 Å². The van der Waals surface area contributed by atoms with Crippen LogP contribution in [0, 0.1) is 0 Å². The van der Waals surface area contributed by atoms with Gasteiger partial charge in [-0.15, -0.1) is 10.2 Å². The lowest BCUT2D eigenvalue weighted by Crippen LogP contribution is -2.15. The van der Waals surface area contributed by atoms with Crippen molar-refractivity contribution in [3.05, 3.63) is 62.3 Å². The first-order valence-electron chi connectivity index (χ1n) is 8.75. The smallest absolute Gasteiger partial charge is 0.234 e. The number of nitrogens with one attached hydrogen (secondary N) is 1. The van der Waals surface area contributed by atoms with Gasteiger partial charge in [-0.1, -0.05) is 70.3 Å². The number of carbonyl (C=O) groups is 1. The Labute approximate surface area is 197 Å². The highest BCUT2D eigenvalue weighted by Crippen LogP contribution is 2.32. The second kappa shape index (κ2) is 10.6. The second-order valence-corrected chi connectivity index (χ2v) is 8.52. The molecule has 1 aromatic heterocycles. The summed E-state index contributed by atoms with van der Waals surface area (Å²) in [5, 5.41) is 13.1. The minimum atomic E-state index is -0.264. The average Bonchev–Trinajstić information content (AvgIpc) is 3.11. The van der Waals surface area contributed by atoms with Crippen molar-refractivity contribution < 1.29 is 9.53 Å². The minimum absolute atomic E-state index is 0.111. The van der Waals surface area contributed by atoms with Gasteiger partial charge in [0, 0.05) is 6.54 Å². The molecule has 30 heavy (non-hydrogen) atoms. The van der Waals surface area contributed by atoms with Crippen molar-refractivity contribution >= 4 is 69.8 Å². The number of nitrogens with zero attached hydrogens (tertiary/aromatic N) is 3. The normalized spacial score (nSPS) is 10.8. The number of para-hydroxylation sites is 1. The van der Waals surface area contributed by atoms with Crippen molar-refractivity contribution in [3.8, 4) is 5.75 Å². The predicted molar refractivity (Wildman–Crippen MR) is 122 cm³/mol. The molecule has 1 heterocycles. The van der Waals surface area contributed by atoms with Crippen LogP contribution < -0.4 is 10.1 Å². The van der Waals surface area contributed by atoms with Gasteiger partial charge in [0.15, 0.2) is 11.0 Å². The summed E-state index contributed by atoms with van der Waals surface area (Å²) in [5.74, 6) is 1.05. The van der Waals surface area contributed by atoms with Crippen LogP contribution in [-0.2, 0) is 17.9 Å². The van der Waals surface area contributed by atoms with E-state index in [1.165, 1.54) is 23.9 Å². The van der Waals surface area contributed by atoms with E-state index < -0.39 is 0 Å². The van der Waals surface area contributed by atoms with Crippen LogP contribution >= 0.6 is 58.2 Å². The van der Waals surface area contributed by atoms with Crippen LogP contribution in [0.1, 0.15) is 12.7 Å². The molecule has 1 amide bonds. The van der Waals surface area contributed by atoms with Crippen LogP contribution in [0.15, 0.2) is 41.6 Å². The molecule has 3 aromatic rings. The molecular weight excluding hydrogens is 490 g/mol. The van der Waals surface area contributed by atoms with E-state index in [4.69, 9.17) is 51.1 Å². The first-order valence-corrected chi connectivity index (χ1v) is 11.3. The fourth-order valence-corrected chi connectivity index (χ4v) is 4.09. The standard InChI is InChI=1S/C19H16Cl4N4O2S/c1-2-27-17(9-29-16-6-4-3-5-11(16)20)25-26-19(27)30-10-18(28)24-15-8-13(22)12(21)7-14(15)23/h3-8H,2,9-10H2,1H3,(H,24,28). The van der Waals surface area contributed by atoms with Gasteiger partial charge in [0.05, 0.1) is 31.5 Å². The topological polar surface area (TPSA) is 69.0 Å². The van der Waals surface area contributed by atoms with Gasteiger partial charge in [-0.05, 0) is 31.2 Å². The lowest BCUT2D eigenvalue weighted by atomic mass is 10.3. The van der Waals surface area contributed by atoms with E-state index in [-0.39, 0.29) is 18.3 Å². The summed E-state index contributed by atoms with van der Waals surface area (Å²) in [6.07, 6.45) is 0. The van der Waals surface area contributed by atoms with Crippen LogP contribution in [0.3, 0.4) is 0 Å². The molecule has 0 aliphatic rings. The number of benzene rings is 2. The van der Waals surface area contributed by atoms with E-state index in [0.29, 0.717) is 49.1 Å². The number of rotatable bonds is 8. The molecule has 0 fully saturated rings. The van der Waals surface area contributed by atoms with Crippen LogP contribution in [0.4, 0.5) is 5.69 Å². The third kappa shape index (κ3) is 5.74. The first kappa shape index (κ1) is 23.0. The molecule has 158 valence electrons. The summed E-state index contributed by atoms with van der Waals surface area (Å²) < 4.78 is 7.61. The highest BCUT2D eigenvalue weighted by molar-refractivity contribution is 7.99. The molecule has 3 rings (SSSR count). The second-order valence-electron chi connectivity index (χ2n) is 5.95. The molecule has 0 aliphatic carbocycles. The number of aromatic nitrogens is 3. The number of halogens is 4. The Morgan fingerprint density at radius 2 is 1.80 bits per heavy atom. The van der Waals surface area contributed by atoms with Crippen molar-refractivity contribution in [3.63, 3.8) is 0 Å². The summed E-state index contributed by atoms with van der Waals surface area (Å²) in [6, 6.07) is 10.2. The monoisotopic (exact) mass is 504 g/mol. The van der Waals surface area contributed by atoms with Crippen LogP contribution in [0.2, 0.25) is 20.1 Å². The highest BCUT2D eigenvalue weighted by atomic mass is 35.5. The summed E-state index contributed by atoms with van der Waals surface area (Å²) in [5.41, 5.74) is 0.391. The Bertz CT molecular complexity index is 1060. The maximum Gasteiger partial charge on any atom is 0.234 e. The van der Waals surface area contributed by atoms with E-state index in [1.54, 1.807) is 12.1 Å². The minimum Gasteiger partial charge on any atom is -0.484 e. The molecule has 0 radical (unpaired) electrons. The van der Waals surface area contributed by atoms with Gasteiger partial charge in [-0.2, -0.15) is 0 Å².